The molecule has 1 saturated carbocycles. The van der Waals surface area contributed by atoms with Crippen molar-refractivity contribution in [2.24, 2.45) is 0 Å². The van der Waals surface area contributed by atoms with Gasteiger partial charge in [0.1, 0.15) is 5.82 Å². The number of thioether (sulfide) groups is 1. The second-order valence-corrected chi connectivity index (χ2v) is 7.32. The number of carbonyl (C=O) groups excluding carboxylic acids is 1. The highest BCUT2D eigenvalue weighted by molar-refractivity contribution is 7.99. The molecule has 1 aliphatic carbocycles. The summed E-state index contributed by atoms with van der Waals surface area (Å²) in [5.74, 6) is 1.78. The van der Waals surface area contributed by atoms with E-state index in [0.29, 0.717) is 18.2 Å². The molecule has 26 heavy (non-hydrogen) atoms. The number of amides is 1. The zero-order valence-electron chi connectivity index (χ0n) is 14.4. The van der Waals surface area contributed by atoms with E-state index in [0.717, 1.165) is 27.4 Å². The highest BCUT2D eigenvalue weighted by atomic mass is 32.2. The van der Waals surface area contributed by atoms with Crippen LogP contribution in [0.5, 0.6) is 0 Å². The number of allylic oxidation sites excluding steroid dienone is 1. The fourth-order valence-corrected chi connectivity index (χ4v) is 3.76. The number of aromatic nitrogens is 3. The minimum Gasteiger partial charge on any atom is -0.325 e. The number of hydrogen-bond acceptors (Lipinski definition) is 4. The minimum absolute atomic E-state index is 0.0486. The predicted octanol–water partition coefficient (Wildman–Crippen LogP) is 4.23. The van der Waals surface area contributed by atoms with Crippen LogP contribution in [0, 0.1) is 0 Å². The summed E-state index contributed by atoms with van der Waals surface area (Å²) in [6.45, 7) is 4.49. The van der Waals surface area contributed by atoms with Gasteiger partial charge in [0.2, 0.25) is 5.91 Å². The van der Waals surface area contributed by atoms with Crippen molar-refractivity contribution in [1.29, 1.82) is 0 Å². The molecular weight excluding hydrogens is 344 g/mol. The molecule has 0 atom stereocenters. The lowest BCUT2D eigenvalue weighted by molar-refractivity contribution is -0.113. The van der Waals surface area contributed by atoms with Gasteiger partial charge in [0.05, 0.1) is 5.75 Å². The summed E-state index contributed by atoms with van der Waals surface area (Å²) >= 11 is 1.42. The smallest absolute Gasteiger partial charge is 0.234 e. The molecule has 0 radical (unpaired) electrons. The summed E-state index contributed by atoms with van der Waals surface area (Å²) in [5.41, 5.74) is 0.833. The molecule has 1 aliphatic rings. The topological polar surface area (TPSA) is 59.8 Å². The molecule has 0 spiro atoms. The van der Waals surface area contributed by atoms with E-state index < -0.39 is 0 Å². The first kappa shape index (κ1) is 16.8. The molecule has 0 bridgehead atoms. The molecule has 1 N–H and O–H groups in total. The predicted molar refractivity (Wildman–Crippen MR) is 105 cm³/mol. The third-order valence-electron chi connectivity index (χ3n) is 4.40. The molecule has 6 heteroatoms. The Bertz CT molecular complexity index is 956. The minimum atomic E-state index is -0.0486. The van der Waals surface area contributed by atoms with E-state index in [9.17, 15) is 4.79 Å². The Balaban J connectivity index is 1.45. The van der Waals surface area contributed by atoms with Crippen molar-refractivity contribution >= 4 is 34.1 Å². The van der Waals surface area contributed by atoms with Crippen LogP contribution in [0.1, 0.15) is 24.6 Å². The van der Waals surface area contributed by atoms with E-state index in [1.807, 2.05) is 48.5 Å². The SMILES string of the molecule is C=CCn1c(SCC(=O)Nc2cccc3ccccc23)nnc1C1CC1. The molecule has 0 aliphatic heterocycles. The van der Waals surface area contributed by atoms with Crippen LogP contribution in [0.4, 0.5) is 5.69 Å². The number of rotatable bonds is 7. The molecule has 1 heterocycles. The Morgan fingerprint density at radius 1 is 1.23 bits per heavy atom. The zero-order valence-corrected chi connectivity index (χ0v) is 15.2. The normalized spacial score (nSPS) is 13.7. The van der Waals surface area contributed by atoms with Gasteiger partial charge in [-0.3, -0.25) is 4.79 Å². The van der Waals surface area contributed by atoms with Gasteiger partial charge >= 0.3 is 0 Å². The summed E-state index contributed by atoms with van der Waals surface area (Å²) < 4.78 is 2.07. The van der Waals surface area contributed by atoms with Crippen molar-refractivity contribution in [2.45, 2.75) is 30.5 Å². The Hall–Kier alpha value is -2.60. The average molecular weight is 364 g/mol. The van der Waals surface area contributed by atoms with Gasteiger partial charge in [0, 0.05) is 23.5 Å². The largest absolute Gasteiger partial charge is 0.325 e. The maximum atomic E-state index is 12.4. The van der Waals surface area contributed by atoms with E-state index >= 15 is 0 Å². The van der Waals surface area contributed by atoms with Crippen molar-refractivity contribution in [2.75, 3.05) is 11.1 Å². The molecule has 3 aromatic rings. The summed E-state index contributed by atoms with van der Waals surface area (Å²) in [4.78, 5) is 12.4. The molecule has 2 aromatic carbocycles. The summed E-state index contributed by atoms with van der Waals surface area (Å²) in [5, 5.41) is 14.5. The number of carbonyl (C=O) groups is 1. The van der Waals surface area contributed by atoms with Crippen molar-refractivity contribution in [3.63, 3.8) is 0 Å². The molecule has 132 valence electrons. The standard InChI is InChI=1S/C20H20N4OS/c1-2-12-24-19(15-10-11-15)22-23-20(24)26-13-18(25)21-17-9-5-7-14-6-3-4-8-16(14)17/h2-9,15H,1,10-13H2,(H,21,25). The molecule has 4 rings (SSSR count). The Labute approximate surface area is 156 Å². The van der Waals surface area contributed by atoms with Gasteiger partial charge in [0.15, 0.2) is 5.16 Å². The van der Waals surface area contributed by atoms with Gasteiger partial charge in [-0.15, -0.1) is 16.8 Å². The Morgan fingerprint density at radius 3 is 2.85 bits per heavy atom. The third kappa shape index (κ3) is 3.51. The lowest BCUT2D eigenvalue weighted by Gasteiger charge is -2.09. The van der Waals surface area contributed by atoms with Gasteiger partial charge < -0.3 is 9.88 Å². The first-order valence-corrected chi connectivity index (χ1v) is 9.69. The van der Waals surface area contributed by atoms with Gasteiger partial charge in [-0.25, -0.2) is 0 Å². The number of nitrogens with one attached hydrogen (secondary N) is 1. The quantitative estimate of drug-likeness (QED) is 0.503. The molecular formula is C20H20N4OS. The fourth-order valence-electron chi connectivity index (χ4n) is 3.00. The molecule has 0 saturated heterocycles. The molecule has 1 fully saturated rings. The van der Waals surface area contributed by atoms with Crippen molar-refractivity contribution in [3.05, 3.63) is 60.9 Å². The number of anilines is 1. The van der Waals surface area contributed by atoms with Crippen LogP contribution in [0.3, 0.4) is 0 Å². The van der Waals surface area contributed by atoms with E-state index in [1.165, 1.54) is 24.6 Å². The van der Waals surface area contributed by atoms with E-state index in [-0.39, 0.29) is 5.91 Å². The van der Waals surface area contributed by atoms with Gasteiger partial charge in [-0.05, 0) is 24.3 Å². The molecule has 5 nitrogen and oxygen atoms in total. The summed E-state index contributed by atoms with van der Waals surface area (Å²) in [7, 11) is 0. The monoisotopic (exact) mass is 364 g/mol. The van der Waals surface area contributed by atoms with Crippen molar-refractivity contribution < 1.29 is 4.79 Å². The Kier molecular flexibility index (Phi) is 4.75. The molecule has 1 amide bonds. The zero-order chi connectivity index (χ0) is 17.9. The van der Waals surface area contributed by atoms with Crippen LogP contribution in [-0.4, -0.2) is 26.4 Å². The Morgan fingerprint density at radius 2 is 2.04 bits per heavy atom. The summed E-state index contributed by atoms with van der Waals surface area (Å²) in [6, 6.07) is 13.9. The third-order valence-corrected chi connectivity index (χ3v) is 5.36. The lowest BCUT2D eigenvalue weighted by Crippen LogP contribution is -2.15. The first-order valence-electron chi connectivity index (χ1n) is 8.70. The van der Waals surface area contributed by atoms with Crippen LogP contribution in [-0.2, 0) is 11.3 Å². The van der Waals surface area contributed by atoms with Crippen LogP contribution in [0.2, 0.25) is 0 Å². The average Bonchev–Trinajstić information content (AvgIpc) is 3.42. The maximum absolute atomic E-state index is 12.4. The number of hydrogen-bond donors (Lipinski definition) is 1. The van der Waals surface area contributed by atoms with Crippen molar-refractivity contribution in [3.8, 4) is 0 Å². The van der Waals surface area contributed by atoms with E-state index in [4.69, 9.17) is 0 Å². The van der Waals surface area contributed by atoms with Gasteiger partial charge in [-0.1, -0.05) is 54.2 Å². The second-order valence-electron chi connectivity index (χ2n) is 6.38. The maximum Gasteiger partial charge on any atom is 0.234 e. The summed E-state index contributed by atoms with van der Waals surface area (Å²) in [6.07, 6.45) is 4.18. The second kappa shape index (κ2) is 7.33. The fraction of sp³-hybridized carbons (Fsp3) is 0.250. The van der Waals surface area contributed by atoms with Gasteiger partial charge in [0.25, 0.3) is 0 Å². The first-order chi connectivity index (χ1) is 12.8. The van der Waals surface area contributed by atoms with Crippen LogP contribution < -0.4 is 5.32 Å². The van der Waals surface area contributed by atoms with Crippen LogP contribution in [0.25, 0.3) is 10.8 Å². The van der Waals surface area contributed by atoms with E-state index in [1.54, 1.807) is 0 Å². The highest BCUT2D eigenvalue weighted by Crippen LogP contribution is 2.40. The molecule has 0 unspecified atom stereocenters. The number of benzene rings is 2. The van der Waals surface area contributed by atoms with Gasteiger partial charge in [-0.2, -0.15) is 0 Å². The lowest BCUT2D eigenvalue weighted by atomic mass is 10.1. The van der Waals surface area contributed by atoms with Crippen LogP contribution >= 0.6 is 11.8 Å². The molecule has 1 aromatic heterocycles. The van der Waals surface area contributed by atoms with E-state index in [2.05, 4.69) is 26.7 Å². The highest BCUT2D eigenvalue weighted by Gasteiger charge is 2.30. The number of fused-ring (bicyclic) bond motifs is 1. The van der Waals surface area contributed by atoms with Crippen LogP contribution in [0.15, 0.2) is 60.3 Å². The van der Waals surface area contributed by atoms with Crippen molar-refractivity contribution in [1.82, 2.24) is 14.8 Å². The number of nitrogens with zero attached hydrogens (tertiary/aromatic N) is 3.